The van der Waals surface area contributed by atoms with Crippen molar-refractivity contribution >= 4 is 43.1 Å². The van der Waals surface area contributed by atoms with Gasteiger partial charge < -0.3 is 9.15 Å². The van der Waals surface area contributed by atoms with Crippen molar-refractivity contribution in [2.45, 2.75) is 39.0 Å². The molecule has 0 spiro atoms. The molecule has 0 bridgehead atoms. The van der Waals surface area contributed by atoms with E-state index in [9.17, 15) is 4.79 Å². The number of hydrogen-bond donors (Lipinski definition) is 0. The van der Waals surface area contributed by atoms with Gasteiger partial charge in [-0.1, -0.05) is 28.1 Å². The lowest BCUT2D eigenvalue weighted by molar-refractivity contribution is -0.0379. The molecule has 0 aliphatic carbocycles. The van der Waals surface area contributed by atoms with Gasteiger partial charge in [0.25, 0.3) is 0 Å². The third-order valence-corrected chi connectivity index (χ3v) is 7.51. The lowest BCUT2D eigenvalue weighted by Crippen LogP contribution is -2.31. The predicted octanol–water partition coefficient (Wildman–Crippen LogP) is 5.03. The number of furan rings is 1. The standard InChI is InChI=1S/C23H19BrN4O3S/c1-23(2)10-15-17(12-31-23)32-21-18(15)20-25-19(16-4-3-9-30-16)26-28(20)22(29)27(21)11-13-5-7-14(24)8-6-13/h3-9H,10-12H2,1-2H3. The Morgan fingerprint density at radius 2 is 2.03 bits per heavy atom. The van der Waals surface area contributed by atoms with Gasteiger partial charge in [0.15, 0.2) is 11.4 Å². The molecule has 0 saturated heterocycles. The van der Waals surface area contributed by atoms with E-state index >= 15 is 0 Å². The summed E-state index contributed by atoms with van der Waals surface area (Å²) < 4.78 is 15.8. The van der Waals surface area contributed by atoms with Gasteiger partial charge in [0, 0.05) is 15.8 Å². The molecular weight excluding hydrogens is 492 g/mol. The third kappa shape index (κ3) is 3.15. The summed E-state index contributed by atoms with van der Waals surface area (Å²) in [6, 6.07) is 11.6. The molecule has 1 aliphatic heterocycles. The summed E-state index contributed by atoms with van der Waals surface area (Å²) in [5.74, 6) is 0.939. The maximum Gasteiger partial charge on any atom is 0.352 e. The summed E-state index contributed by atoms with van der Waals surface area (Å²) in [4.78, 5) is 20.4. The molecule has 0 amide bonds. The number of ether oxygens (including phenoxy) is 1. The summed E-state index contributed by atoms with van der Waals surface area (Å²) in [6.07, 6.45) is 2.33. The number of benzene rings is 1. The second kappa shape index (κ2) is 7.13. The van der Waals surface area contributed by atoms with E-state index < -0.39 is 0 Å². The Bertz CT molecular complexity index is 1530. The first-order valence-corrected chi connectivity index (χ1v) is 11.9. The summed E-state index contributed by atoms with van der Waals surface area (Å²) in [7, 11) is 0. The molecule has 9 heteroatoms. The van der Waals surface area contributed by atoms with Crippen molar-refractivity contribution in [2.24, 2.45) is 0 Å². The molecule has 0 atom stereocenters. The van der Waals surface area contributed by atoms with Crippen LogP contribution >= 0.6 is 27.3 Å². The van der Waals surface area contributed by atoms with Crippen molar-refractivity contribution in [3.05, 3.63) is 73.6 Å². The Labute approximate surface area is 195 Å². The summed E-state index contributed by atoms with van der Waals surface area (Å²) >= 11 is 5.09. The molecule has 6 rings (SSSR count). The van der Waals surface area contributed by atoms with Gasteiger partial charge in [-0.2, -0.15) is 4.52 Å². The molecule has 0 radical (unpaired) electrons. The topological polar surface area (TPSA) is 74.6 Å². The van der Waals surface area contributed by atoms with E-state index in [4.69, 9.17) is 14.1 Å². The smallest absolute Gasteiger partial charge is 0.352 e. The average molecular weight is 511 g/mol. The molecule has 7 nitrogen and oxygen atoms in total. The number of hydrogen-bond acceptors (Lipinski definition) is 6. The fourth-order valence-corrected chi connectivity index (χ4v) is 5.67. The second-order valence-electron chi connectivity index (χ2n) is 8.55. The van der Waals surface area contributed by atoms with E-state index in [2.05, 4.69) is 34.9 Å². The lowest BCUT2D eigenvalue weighted by Gasteiger charge is -2.30. The molecular formula is C23H19BrN4O3S. The van der Waals surface area contributed by atoms with E-state index in [-0.39, 0.29) is 11.3 Å². The van der Waals surface area contributed by atoms with Gasteiger partial charge in [-0.15, -0.1) is 16.4 Å². The van der Waals surface area contributed by atoms with Crippen LogP contribution in [-0.4, -0.2) is 24.8 Å². The van der Waals surface area contributed by atoms with Crippen molar-refractivity contribution < 1.29 is 9.15 Å². The first-order valence-electron chi connectivity index (χ1n) is 10.3. The van der Waals surface area contributed by atoms with Crippen LogP contribution in [-0.2, 0) is 24.3 Å². The molecule has 5 aromatic rings. The van der Waals surface area contributed by atoms with Crippen LogP contribution in [0.4, 0.5) is 0 Å². The maximum absolute atomic E-state index is 13.6. The number of fused-ring (bicyclic) bond motifs is 5. The largest absolute Gasteiger partial charge is 0.461 e. The molecule has 1 aliphatic rings. The fraction of sp³-hybridized carbons (Fsp3) is 0.261. The number of thiophene rings is 1. The van der Waals surface area contributed by atoms with Crippen LogP contribution in [0.15, 0.2) is 56.3 Å². The summed E-state index contributed by atoms with van der Waals surface area (Å²) in [5.41, 5.74) is 2.28. The maximum atomic E-state index is 13.6. The zero-order chi connectivity index (χ0) is 22.0. The highest BCUT2D eigenvalue weighted by atomic mass is 79.9. The first kappa shape index (κ1) is 19.9. The normalized spacial score (nSPS) is 15.5. The first-order chi connectivity index (χ1) is 15.4. The van der Waals surface area contributed by atoms with Gasteiger partial charge in [-0.3, -0.25) is 4.57 Å². The third-order valence-electron chi connectivity index (χ3n) is 5.75. The van der Waals surface area contributed by atoms with Gasteiger partial charge in [-0.25, -0.2) is 9.78 Å². The predicted molar refractivity (Wildman–Crippen MR) is 126 cm³/mol. The quantitative estimate of drug-likeness (QED) is 0.340. The van der Waals surface area contributed by atoms with Crippen LogP contribution in [0, 0.1) is 0 Å². The van der Waals surface area contributed by atoms with E-state index in [0.717, 1.165) is 31.6 Å². The van der Waals surface area contributed by atoms with Crippen molar-refractivity contribution in [1.29, 1.82) is 0 Å². The highest BCUT2D eigenvalue weighted by Gasteiger charge is 2.32. The Morgan fingerprint density at radius 1 is 1.22 bits per heavy atom. The molecule has 0 unspecified atom stereocenters. The minimum atomic E-state index is -0.283. The highest BCUT2D eigenvalue weighted by molar-refractivity contribution is 9.10. The highest BCUT2D eigenvalue weighted by Crippen LogP contribution is 2.40. The van der Waals surface area contributed by atoms with Gasteiger partial charge in [0.1, 0.15) is 4.83 Å². The average Bonchev–Trinajstić information content (AvgIpc) is 3.49. The summed E-state index contributed by atoms with van der Waals surface area (Å²) in [6.45, 7) is 5.15. The van der Waals surface area contributed by atoms with Crippen LogP contribution < -0.4 is 5.69 Å². The molecule has 32 heavy (non-hydrogen) atoms. The minimum absolute atomic E-state index is 0.223. The Kier molecular flexibility index (Phi) is 4.43. The number of halogens is 1. The fourth-order valence-electron chi connectivity index (χ4n) is 4.19. The zero-order valence-corrected chi connectivity index (χ0v) is 19.9. The molecule has 0 fully saturated rings. The molecule has 4 aromatic heterocycles. The molecule has 0 N–H and O–H groups in total. The van der Waals surface area contributed by atoms with Crippen LogP contribution in [0.2, 0.25) is 0 Å². The van der Waals surface area contributed by atoms with Crippen LogP contribution in [0.5, 0.6) is 0 Å². The lowest BCUT2D eigenvalue weighted by atomic mass is 9.94. The van der Waals surface area contributed by atoms with Crippen LogP contribution in [0.3, 0.4) is 0 Å². The van der Waals surface area contributed by atoms with Crippen molar-refractivity contribution in [3.63, 3.8) is 0 Å². The van der Waals surface area contributed by atoms with Crippen molar-refractivity contribution in [1.82, 2.24) is 19.2 Å². The SMILES string of the molecule is CC1(C)Cc2c(sc3c2c2nc(-c4ccco4)nn2c(=O)n3Cc2ccc(Br)cc2)CO1. The van der Waals surface area contributed by atoms with Gasteiger partial charge >= 0.3 is 5.69 Å². The van der Waals surface area contributed by atoms with Crippen LogP contribution in [0.25, 0.3) is 27.4 Å². The molecule has 5 heterocycles. The van der Waals surface area contributed by atoms with Gasteiger partial charge in [-0.05, 0) is 49.2 Å². The minimum Gasteiger partial charge on any atom is -0.461 e. The second-order valence-corrected chi connectivity index (χ2v) is 10.6. The van der Waals surface area contributed by atoms with Crippen molar-refractivity contribution in [3.8, 4) is 11.6 Å². The van der Waals surface area contributed by atoms with Gasteiger partial charge in [0.05, 0.1) is 30.4 Å². The zero-order valence-electron chi connectivity index (χ0n) is 17.5. The Hall–Kier alpha value is -2.75. The Morgan fingerprint density at radius 3 is 2.78 bits per heavy atom. The van der Waals surface area contributed by atoms with Gasteiger partial charge in [0.2, 0.25) is 5.82 Å². The van der Waals surface area contributed by atoms with Crippen LogP contribution in [0.1, 0.15) is 29.9 Å². The van der Waals surface area contributed by atoms with E-state index in [1.54, 1.807) is 34.3 Å². The van der Waals surface area contributed by atoms with E-state index in [0.29, 0.717) is 30.4 Å². The van der Waals surface area contributed by atoms with E-state index in [1.807, 2.05) is 24.3 Å². The van der Waals surface area contributed by atoms with Crippen molar-refractivity contribution in [2.75, 3.05) is 0 Å². The number of aromatic nitrogens is 4. The monoisotopic (exact) mass is 510 g/mol. The summed E-state index contributed by atoms with van der Waals surface area (Å²) in [5, 5.41) is 5.51. The van der Waals surface area contributed by atoms with E-state index in [1.165, 1.54) is 10.1 Å². The molecule has 0 saturated carbocycles. The molecule has 1 aromatic carbocycles. The Balaban J connectivity index is 1.66. The number of rotatable bonds is 3. The number of nitrogens with zero attached hydrogens (tertiary/aromatic N) is 4. The molecule has 162 valence electrons.